The predicted octanol–water partition coefficient (Wildman–Crippen LogP) is 2.39. The SMILES string of the molecule is Cn1ncc(C#N)c1NS(=O)(=O)c1ccc(C(C)(C)C)cc1. The summed E-state index contributed by atoms with van der Waals surface area (Å²) in [7, 11) is -2.19. The van der Waals surface area contributed by atoms with Gasteiger partial charge >= 0.3 is 0 Å². The van der Waals surface area contributed by atoms with E-state index in [1.54, 1.807) is 31.3 Å². The summed E-state index contributed by atoms with van der Waals surface area (Å²) in [6.07, 6.45) is 1.32. The van der Waals surface area contributed by atoms with Gasteiger partial charge in [0.2, 0.25) is 0 Å². The van der Waals surface area contributed by atoms with Crippen LogP contribution >= 0.6 is 0 Å². The molecule has 2 rings (SSSR count). The molecule has 22 heavy (non-hydrogen) atoms. The van der Waals surface area contributed by atoms with Gasteiger partial charge < -0.3 is 0 Å². The zero-order valence-corrected chi connectivity index (χ0v) is 13.8. The summed E-state index contributed by atoms with van der Waals surface area (Å²) >= 11 is 0. The van der Waals surface area contributed by atoms with Crippen LogP contribution < -0.4 is 4.72 Å². The third-order valence-electron chi connectivity index (χ3n) is 3.32. The standard InChI is InChI=1S/C15H18N4O2S/c1-15(2,3)12-5-7-13(8-6-12)22(20,21)18-14-11(9-16)10-17-19(14)4/h5-8,10,18H,1-4H3. The molecule has 116 valence electrons. The number of hydrogen-bond acceptors (Lipinski definition) is 4. The summed E-state index contributed by atoms with van der Waals surface area (Å²) in [5, 5.41) is 12.9. The van der Waals surface area contributed by atoms with E-state index in [1.807, 2.05) is 6.07 Å². The Kier molecular flexibility index (Phi) is 3.98. The second-order valence-corrected chi connectivity index (χ2v) is 7.70. The molecule has 0 atom stereocenters. The molecule has 1 N–H and O–H groups in total. The molecule has 0 aliphatic carbocycles. The van der Waals surface area contributed by atoms with Crippen molar-refractivity contribution < 1.29 is 8.42 Å². The van der Waals surface area contributed by atoms with Crippen molar-refractivity contribution in [1.29, 1.82) is 5.26 Å². The Morgan fingerprint density at radius 3 is 2.32 bits per heavy atom. The Hall–Kier alpha value is -2.33. The number of aromatic nitrogens is 2. The van der Waals surface area contributed by atoms with E-state index in [9.17, 15) is 8.42 Å². The van der Waals surface area contributed by atoms with Gasteiger partial charge in [-0.15, -0.1) is 0 Å². The molecule has 1 aromatic heterocycles. The van der Waals surface area contributed by atoms with Crippen LogP contribution in [-0.2, 0) is 22.5 Å². The summed E-state index contributed by atoms with van der Waals surface area (Å²) in [4.78, 5) is 0.144. The van der Waals surface area contributed by atoms with Gasteiger partial charge in [-0.25, -0.2) is 8.42 Å². The lowest BCUT2D eigenvalue weighted by Crippen LogP contribution is -2.17. The minimum atomic E-state index is -3.76. The first-order valence-corrected chi connectivity index (χ1v) is 8.19. The van der Waals surface area contributed by atoms with Gasteiger partial charge in [0.15, 0.2) is 5.82 Å². The second-order valence-electron chi connectivity index (χ2n) is 6.02. The van der Waals surface area contributed by atoms with Gasteiger partial charge in [-0.2, -0.15) is 10.4 Å². The fourth-order valence-corrected chi connectivity index (χ4v) is 3.07. The first kappa shape index (κ1) is 16.0. The highest BCUT2D eigenvalue weighted by Gasteiger charge is 2.20. The van der Waals surface area contributed by atoms with Crippen molar-refractivity contribution in [3.8, 4) is 6.07 Å². The Bertz CT molecular complexity index is 822. The van der Waals surface area contributed by atoms with Gasteiger partial charge in [0.25, 0.3) is 10.0 Å². The van der Waals surface area contributed by atoms with Crippen molar-refractivity contribution >= 4 is 15.8 Å². The highest BCUT2D eigenvalue weighted by molar-refractivity contribution is 7.92. The number of nitrogens with one attached hydrogen (secondary N) is 1. The maximum Gasteiger partial charge on any atom is 0.263 e. The lowest BCUT2D eigenvalue weighted by Gasteiger charge is -2.19. The Morgan fingerprint density at radius 2 is 1.82 bits per heavy atom. The first-order chi connectivity index (χ1) is 10.1. The van der Waals surface area contributed by atoms with Gasteiger partial charge in [0.1, 0.15) is 11.6 Å². The Labute approximate surface area is 130 Å². The minimum absolute atomic E-state index is 0.0499. The molecule has 7 heteroatoms. The van der Waals surface area contributed by atoms with Crippen LogP contribution in [0.15, 0.2) is 35.4 Å². The van der Waals surface area contributed by atoms with E-state index in [1.165, 1.54) is 10.9 Å². The Morgan fingerprint density at radius 1 is 1.23 bits per heavy atom. The number of benzene rings is 1. The van der Waals surface area contributed by atoms with Crippen molar-refractivity contribution in [2.45, 2.75) is 31.1 Å². The first-order valence-electron chi connectivity index (χ1n) is 6.70. The predicted molar refractivity (Wildman–Crippen MR) is 83.9 cm³/mol. The molecule has 0 spiro atoms. The van der Waals surface area contributed by atoms with Crippen LogP contribution in [0, 0.1) is 11.3 Å². The maximum atomic E-state index is 12.4. The van der Waals surface area contributed by atoms with E-state index < -0.39 is 10.0 Å². The maximum absolute atomic E-state index is 12.4. The van der Waals surface area contributed by atoms with Gasteiger partial charge in [-0.1, -0.05) is 32.9 Å². The van der Waals surface area contributed by atoms with E-state index in [0.29, 0.717) is 0 Å². The molecule has 0 amide bonds. The van der Waals surface area contributed by atoms with Crippen LogP contribution in [0.1, 0.15) is 31.9 Å². The van der Waals surface area contributed by atoms with Crippen molar-refractivity contribution in [2.24, 2.45) is 7.05 Å². The quantitative estimate of drug-likeness (QED) is 0.941. The van der Waals surface area contributed by atoms with Crippen LogP contribution in [0.4, 0.5) is 5.82 Å². The van der Waals surface area contributed by atoms with Crippen molar-refractivity contribution in [1.82, 2.24) is 9.78 Å². The lowest BCUT2D eigenvalue weighted by molar-refractivity contribution is 0.587. The largest absolute Gasteiger partial charge is 0.263 e. The van der Waals surface area contributed by atoms with E-state index in [0.717, 1.165) is 5.56 Å². The molecule has 1 heterocycles. The summed E-state index contributed by atoms with van der Waals surface area (Å²) in [6.45, 7) is 6.18. The van der Waals surface area contributed by atoms with E-state index in [-0.39, 0.29) is 21.7 Å². The summed E-state index contributed by atoms with van der Waals surface area (Å²) in [5.41, 5.74) is 1.17. The third kappa shape index (κ3) is 3.12. The molecule has 1 aromatic carbocycles. The summed E-state index contributed by atoms with van der Waals surface area (Å²) < 4.78 is 28.6. The molecule has 0 aliphatic heterocycles. The van der Waals surface area contributed by atoms with Crippen molar-refractivity contribution in [3.63, 3.8) is 0 Å². The van der Waals surface area contributed by atoms with Crippen LogP contribution in [0.25, 0.3) is 0 Å². The molecular formula is C15H18N4O2S. The number of anilines is 1. The van der Waals surface area contributed by atoms with E-state index >= 15 is 0 Å². The highest BCUT2D eigenvalue weighted by atomic mass is 32.2. The molecule has 0 bridgehead atoms. The third-order valence-corrected chi connectivity index (χ3v) is 4.68. The molecule has 0 aliphatic rings. The second kappa shape index (κ2) is 5.46. The molecule has 0 radical (unpaired) electrons. The summed E-state index contributed by atoms with van der Waals surface area (Å²) in [6, 6.07) is 8.62. The number of rotatable bonds is 3. The van der Waals surface area contributed by atoms with E-state index in [4.69, 9.17) is 5.26 Å². The monoisotopic (exact) mass is 318 g/mol. The van der Waals surface area contributed by atoms with Crippen LogP contribution in [0.3, 0.4) is 0 Å². The van der Waals surface area contributed by atoms with E-state index in [2.05, 4.69) is 30.6 Å². The molecule has 2 aromatic rings. The van der Waals surface area contributed by atoms with Gasteiger partial charge in [0.05, 0.1) is 11.1 Å². The smallest absolute Gasteiger partial charge is 0.262 e. The average Bonchev–Trinajstić information content (AvgIpc) is 2.78. The number of sulfonamides is 1. The molecule has 0 fully saturated rings. The molecule has 0 unspecified atom stereocenters. The van der Waals surface area contributed by atoms with Gasteiger partial charge in [-0.05, 0) is 23.1 Å². The average molecular weight is 318 g/mol. The molecule has 6 nitrogen and oxygen atoms in total. The Balaban J connectivity index is 2.35. The number of nitriles is 1. The lowest BCUT2D eigenvalue weighted by atomic mass is 9.87. The number of nitrogens with zero attached hydrogens (tertiary/aromatic N) is 3. The normalized spacial score (nSPS) is 12.0. The van der Waals surface area contributed by atoms with Crippen molar-refractivity contribution in [3.05, 3.63) is 41.6 Å². The summed E-state index contributed by atoms with van der Waals surface area (Å²) in [5.74, 6) is 0.155. The molecule has 0 saturated heterocycles. The molecule has 0 saturated carbocycles. The van der Waals surface area contributed by atoms with Crippen LogP contribution in [-0.4, -0.2) is 18.2 Å². The van der Waals surface area contributed by atoms with Crippen LogP contribution in [0.2, 0.25) is 0 Å². The zero-order chi connectivity index (χ0) is 16.5. The highest BCUT2D eigenvalue weighted by Crippen LogP contribution is 2.24. The van der Waals surface area contributed by atoms with Crippen LogP contribution in [0.5, 0.6) is 0 Å². The number of hydrogen-bond donors (Lipinski definition) is 1. The van der Waals surface area contributed by atoms with Gasteiger partial charge in [-0.3, -0.25) is 9.40 Å². The fourth-order valence-electron chi connectivity index (χ4n) is 1.96. The number of aryl methyl sites for hydroxylation is 1. The minimum Gasteiger partial charge on any atom is -0.262 e. The topological polar surface area (TPSA) is 87.8 Å². The fraction of sp³-hybridized carbons (Fsp3) is 0.333. The van der Waals surface area contributed by atoms with Crippen molar-refractivity contribution in [2.75, 3.05) is 4.72 Å². The van der Waals surface area contributed by atoms with Gasteiger partial charge in [0, 0.05) is 7.05 Å². The molecular weight excluding hydrogens is 300 g/mol. The zero-order valence-electron chi connectivity index (χ0n) is 13.0.